The van der Waals surface area contributed by atoms with Crippen LogP contribution in [0.25, 0.3) is 0 Å². The topological polar surface area (TPSA) is 74.1 Å². The number of amidine groups is 1. The van der Waals surface area contributed by atoms with Gasteiger partial charge in [-0.1, -0.05) is 71.4 Å². The number of halogens is 2. The van der Waals surface area contributed by atoms with E-state index in [0.717, 1.165) is 28.0 Å². The highest BCUT2D eigenvalue weighted by atomic mass is 35.5. The first kappa shape index (κ1) is 25.2. The predicted molar refractivity (Wildman–Crippen MR) is 147 cm³/mol. The standard InChI is InChI=1S/C28H24ClFN4O2S/c1-16-3-6-18(7-4-16)23-14-24(19-8-10-20(30)11-9-19)34(33-23)28-32-27(36)25(37-28)15-26(35)31-21-12-5-17(2)22(29)13-21/h3-13,24-25H,14-15H2,1-2H3,(H,31,35). The van der Waals surface area contributed by atoms with E-state index in [1.807, 2.05) is 44.2 Å². The van der Waals surface area contributed by atoms with E-state index in [1.54, 1.807) is 29.3 Å². The van der Waals surface area contributed by atoms with Crippen LogP contribution >= 0.6 is 23.4 Å². The van der Waals surface area contributed by atoms with E-state index in [0.29, 0.717) is 22.3 Å². The Kier molecular flexibility index (Phi) is 7.13. The molecule has 2 aliphatic heterocycles. The summed E-state index contributed by atoms with van der Waals surface area (Å²) >= 11 is 7.37. The second kappa shape index (κ2) is 10.5. The lowest BCUT2D eigenvalue weighted by Gasteiger charge is -2.23. The molecule has 9 heteroatoms. The monoisotopic (exact) mass is 534 g/mol. The van der Waals surface area contributed by atoms with Crippen LogP contribution in [0.5, 0.6) is 0 Å². The van der Waals surface area contributed by atoms with Crippen LogP contribution in [0, 0.1) is 19.7 Å². The summed E-state index contributed by atoms with van der Waals surface area (Å²) in [6.45, 7) is 3.90. The summed E-state index contributed by atoms with van der Waals surface area (Å²) in [5.74, 6) is -1.01. The van der Waals surface area contributed by atoms with Crippen LogP contribution < -0.4 is 5.32 Å². The van der Waals surface area contributed by atoms with Gasteiger partial charge in [-0.15, -0.1) is 0 Å². The number of hydrogen-bond acceptors (Lipinski definition) is 5. The number of hydrogen-bond donors (Lipinski definition) is 1. The summed E-state index contributed by atoms with van der Waals surface area (Å²) in [7, 11) is 0. The number of anilines is 1. The minimum Gasteiger partial charge on any atom is -0.326 e. The molecular weight excluding hydrogens is 511 g/mol. The fourth-order valence-electron chi connectivity index (χ4n) is 4.21. The Balaban J connectivity index is 1.34. The first-order chi connectivity index (χ1) is 17.8. The molecule has 0 aromatic heterocycles. The van der Waals surface area contributed by atoms with Crippen LogP contribution in [-0.2, 0) is 9.59 Å². The van der Waals surface area contributed by atoms with Gasteiger partial charge in [0.15, 0.2) is 5.17 Å². The maximum absolute atomic E-state index is 13.6. The molecule has 0 radical (unpaired) electrons. The summed E-state index contributed by atoms with van der Waals surface area (Å²) in [4.78, 5) is 29.7. The fraction of sp³-hybridized carbons (Fsp3) is 0.214. The Labute approximate surface area is 223 Å². The Bertz CT molecular complexity index is 1420. The lowest BCUT2D eigenvalue weighted by Crippen LogP contribution is -2.25. The van der Waals surface area contributed by atoms with Crippen molar-refractivity contribution in [3.63, 3.8) is 0 Å². The predicted octanol–water partition coefficient (Wildman–Crippen LogP) is 6.27. The molecule has 0 bridgehead atoms. The van der Waals surface area contributed by atoms with Gasteiger partial charge in [0.2, 0.25) is 5.91 Å². The Morgan fingerprint density at radius 2 is 1.84 bits per heavy atom. The summed E-state index contributed by atoms with van der Waals surface area (Å²) in [6, 6.07) is 19.4. The van der Waals surface area contributed by atoms with Crippen molar-refractivity contribution in [2.24, 2.45) is 10.1 Å². The number of nitrogens with zero attached hydrogens (tertiary/aromatic N) is 3. The smallest absolute Gasteiger partial charge is 0.262 e. The molecule has 2 amide bonds. The van der Waals surface area contributed by atoms with E-state index in [-0.39, 0.29) is 30.1 Å². The molecule has 2 atom stereocenters. The average Bonchev–Trinajstić information content (AvgIpc) is 3.46. The first-order valence-corrected chi connectivity index (χ1v) is 13.1. The van der Waals surface area contributed by atoms with Crippen LogP contribution in [0.4, 0.5) is 10.1 Å². The van der Waals surface area contributed by atoms with E-state index in [4.69, 9.17) is 16.7 Å². The zero-order valence-electron chi connectivity index (χ0n) is 20.2. The number of rotatable bonds is 5. The van der Waals surface area contributed by atoms with Crippen molar-refractivity contribution in [1.29, 1.82) is 0 Å². The highest BCUT2D eigenvalue weighted by Crippen LogP contribution is 2.38. The van der Waals surface area contributed by atoms with E-state index in [2.05, 4.69) is 10.3 Å². The van der Waals surface area contributed by atoms with Gasteiger partial charge < -0.3 is 5.32 Å². The van der Waals surface area contributed by atoms with E-state index >= 15 is 0 Å². The van der Waals surface area contributed by atoms with Crippen molar-refractivity contribution in [1.82, 2.24) is 5.01 Å². The Morgan fingerprint density at radius 1 is 1.11 bits per heavy atom. The van der Waals surface area contributed by atoms with Gasteiger partial charge in [0.05, 0.1) is 11.8 Å². The Hall–Kier alpha value is -3.49. The number of amides is 2. The van der Waals surface area contributed by atoms with E-state index in [9.17, 15) is 14.0 Å². The van der Waals surface area contributed by atoms with Crippen molar-refractivity contribution in [3.8, 4) is 0 Å². The minimum absolute atomic E-state index is 0.0361. The quantitative estimate of drug-likeness (QED) is 0.418. The number of hydrazone groups is 1. The lowest BCUT2D eigenvalue weighted by atomic mass is 9.98. The normalized spacial score (nSPS) is 19.1. The Morgan fingerprint density at radius 3 is 2.54 bits per heavy atom. The SMILES string of the molecule is Cc1ccc(C2=NN(C3=NC(=O)C(CC(=O)Nc4ccc(C)c(Cl)c4)S3)C(c3ccc(F)cc3)C2)cc1. The molecule has 0 saturated heterocycles. The molecule has 3 aromatic rings. The van der Waals surface area contributed by atoms with Gasteiger partial charge in [-0.3, -0.25) is 9.59 Å². The van der Waals surface area contributed by atoms with Crippen molar-refractivity contribution >= 4 is 51.7 Å². The maximum atomic E-state index is 13.6. The fourth-order valence-corrected chi connectivity index (χ4v) is 5.45. The number of aliphatic imine (C=N–C) groups is 1. The number of benzene rings is 3. The highest BCUT2D eigenvalue weighted by molar-refractivity contribution is 8.15. The van der Waals surface area contributed by atoms with Gasteiger partial charge in [0.25, 0.3) is 5.91 Å². The summed E-state index contributed by atoms with van der Waals surface area (Å²) in [5, 5.41) is 9.66. The van der Waals surface area contributed by atoms with Crippen LogP contribution in [-0.4, -0.2) is 33.0 Å². The molecule has 5 rings (SSSR count). The van der Waals surface area contributed by atoms with Crippen LogP contribution in [0.1, 0.15) is 41.1 Å². The van der Waals surface area contributed by atoms with Gasteiger partial charge in [-0.05, 0) is 54.8 Å². The van der Waals surface area contributed by atoms with Gasteiger partial charge in [0, 0.05) is 23.6 Å². The zero-order valence-corrected chi connectivity index (χ0v) is 21.8. The first-order valence-electron chi connectivity index (χ1n) is 11.8. The third-order valence-corrected chi connectivity index (χ3v) is 7.85. The van der Waals surface area contributed by atoms with Gasteiger partial charge in [-0.2, -0.15) is 10.1 Å². The van der Waals surface area contributed by atoms with Gasteiger partial charge >= 0.3 is 0 Å². The molecular formula is C28H24ClFN4O2S. The molecule has 0 saturated carbocycles. The number of carbonyl (C=O) groups excluding carboxylic acids is 2. The van der Waals surface area contributed by atoms with Crippen molar-refractivity contribution in [2.75, 3.05) is 5.32 Å². The van der Waals surface area contributed by atoms with Crippen molar-refractivity contribution in [2.45, 2.75) is 38.0 Å². The molecule has 2 unspecified atom stereocenters. The van der Waals surface area contributed by atoms with Crippen molar-refractivity contribution in [3.05, 3.63) is 99.8 Å². The third-order valence-electron chi connectivity index (χ3n) is 6.30. The molecule has 1 N–H and O–H groups in total. The number of nitrogens with one attached hydrogen (secondary N) is 1. The van der Waals surface area contributed by atoms with Crippen LogP contribution in [0.3, 0.4) is 0 Å². The number of carbonyl (C=O) groups is 2. The highest BCUT2D eigenvalue weighted by Gasteiger charge is 2.39. The molecule has 0 aliphatic carbocycles. The molecule has 0 fully saturated rings. The van der Waals surface area contributed by atoms with Crippen LogP contribution in [0.15, 0.2) is 76.8 Å². The number of thioether (sulfide) groups is 1. The second-order valence-electron chi connectivity index (χ2n) is 9.08. The van der Waals surface area contributed by atoms with Gasteiger partial charge in [-0.25, -0.2) is 9.40 Å². The average molecular weight is 535 g/mol. The molecule has 0 spiro atoms. The minimum atomic E-state index is -0.664. The molecule has 188 valence electrons. The lowest BCUT2D eigenvalue weighted by molar-refractivity contribution is -0.121. The van der Waals surface area contributed by atoms with Crippen LogP contribution in [0.2, 0.25) is 5.02 Å². The van der Waals surface area contributed by atoms with Crippen molar-refractivity contribution < 1.29 is 14.0 Å². The van der Waals surface area contributed by atoms with E-state index in [1.165, 1.54) is 23.9 Å². The molecule has 6 nitrogen and oxygen atoms in total. The van der Waals surface area contributed by atoms with Gasteiger partial charge in [0.1, 0.15) is 11.1 Å². The zero-order chi connectivity index (χ0) is 26.1. The summed E-state index contributed by atoms with van der Waals surface area (Å²) in [5.41, 5.74) is 5.31. The summed E-state index contributed by atoms with van der Waals surface area (Å²) < 4.78 is 13.6. The molecule has 2 heterocycles. The largest absolute Gasteiger partial charge is 0.326 e. The molecule has 3 aromatic carbocycles. The number of aryl methyl sites for hydroxylation is 2. The third kappa shape index (κ3) is 5.60. The summed E-state index contributed by atoms with van der Waals surface area (Å²) in [6.07, 6.45) is 0.535. The molecule has 2 aliphatic rings. The van der Waals surface area contributed by atoms with E-state index < -0.39 is 5.25 Å². The molecule has 37 heavy (non-hydrogen) atoms. The second-order valence-corrected chi connectivity index (χ2v) is 10.7. The maximum Gasteiger partial charge on any atom is 0.262 e.